The fourth-order valence-electron chi connectivity index (χ4n) is 1.27. The summed E-state index contributed by atoms with van der Waals surface area (Å²) in [6.45, 7) is 2.06. The highest BCUT2D eigenvalue weighted by Crippen LogP contribution is 2.19. The van der Waals surface area contributed by atoms with Crippen molar-refractivity contribution >= 4 is 5.69 Å². The van der Waals surface area contributed by atoms with Gasteiger partial charge in [0.2, 0.25) is 0 Å². The van der Waals surface area contributed by atoms with Gasteiger partial charge < -0.3 is 11.5 Å². The molecule has 2 nitrogen and oxygen atoms in total. The van der Waals surface area contributed by atoms with Crippen LogP contribution >= 0.6 is 0 Å². The summed E-state index contributed by atoms with van der Waals surface area (Å²) in [5.74, 6) is -0.382. The molecule has 0 spiro atoms. The zero-order valence-electron chi connectivity index (χ0n) is 7.76. The van der Waals surface area contributed by atoms with Gasteiger partial charge in [-0.25, -0.2) is 4.39 Å². The summed E-state index contributed by atoms with van der Waals surface area (Å²) in [6, 6.07) is 4.62. The number of benzene rings is 1. The number of anilines is 1. The number of halogens is 1. The van der Waals surface area contributed by atoms with E-state index in [4.69, 9.17) is 11.5 Å². The van der Waals surface area contributed by atoms with E-state index < -0.39 is 0 Å². The molecule has 0 amide bonds. The fourth-order valence-corrected chi connectivity index (χ4v) is 1.27. The molecule has 1 aromatic rings. The van der Waals surface area contributed by atoms with Crippen LogP contribution in [0.1, 0.15) is 31.4 Å². The number of rotatable bonds is 3. The highest BCUT2D eigenvalue weighted by Gasteiger charge is 2.06. The minimum Gasteiger partial charge on any atom is -0.396 e. The lowest BCUT2D eigenvalue weighted by Crippen LogP contribution is -2.10. The largest absolute Gasteiger partial charge is 0.396 e. The average Bonchev–Trinajstić information content (AvgIpc) is 2.10. The molecule has 3 heteroatoms. The Morgan fingerprint density at radius 2 is 2.15 bits per heavy atom. The van der Waals surface area contributed by atoms with Gasteiger partial charge in [0, 0.05) is 6.04 Å². The van der Waals surface area contributed by atoms with Crippen molar-refractivity contribution in [2.75, 3.05) is 5.73 Å². The highest BCUT2D eigenvalue weighted by atomic mass is 19.1. The van der Waals surface area contributed by atoms with Crippen LogP contribution in [0.4, 0.5) is 10.1 Å². The number of nitrogens with two attached hydrogens (primary N) is 2. The third kappa shape index (κ3) is 2.42. The van der Waals surface area contributed by atoms with Gasteiger partial charge in [-0.15, -0.1) is 0 Å². The summed E-state index contributed by atoms with van der Waals surface area (Å²) >= 11 is 0. The molecule has 0 bridgehead atoms. The Balaban J connectivity index is 2.84. The highest BCUT2D eigenvalue weighted by molar-refractivity contribution is 5.43. The lowest BCUT2D eigenvalue weighted by Gasteiger charge is -2.11. The maximum Gasteiger partial charge on any atom is 0.146 e. The van der Waals surface area contributed by atoms with E-state index in [1.165, 1.54) is 6.07 Å². The van der Waals surface area contributed by atoms with Gasteiger partial charge in [-0.2, -0.15) is 0 Å². The van der Waals surface area contributed by atoms with Gasteiger partial charge in [0.05, 0.1) is 5.69 Å². The first-order chi connectivity index (χ1) is 6.15. The minimum absolute atomic E-state index is 0.0344. The lowest BCUT2D eigenvalue weighted by molar-refractivity contribution is 0.620. The lowest BCUT2D eigenvalue weighted by atomic mass is 10.0. The van der Waals surface area contributed by atoms with Gasteiger partial charge in [-0.05, 0) is 24.1 Å². The molecule has 0 saturated heterocycles. The zero-order valence-corrected chi connectivity index (χ0v) is 7.76. The maximum atomic E-state index is 12.8. The molecule has 0 heterocycles. The first-order valence-corrected chi connectivity index (χ1v) is 4.45. The first kappa shape index (κ1) is 9.99. The third-order valence-electron chi connectivity index (χ3n) is 2.05. The Morgan fingerprint density at radius 3 is 2.69 bits per heavy atom. The third-order valence-corrected chi connectivity index (χ3v) is 2.05. The summed E-state index contributed by atoms with van der Waals surface area (Å²) in [6.07, 6.45) is 1.91. The van der Waals surface area contributed by atoms with Gasteiger partial charge in [-0.1, -0.05) is 19.4 Å². The van der Waals surface area contributed by atoms with E-state index in [2.05, 4.69) is 6.92 Å². The van der Waals surface area contributed by atoms with Crippen molar-refractivity contribution in [2.24, 2.45) is 5.73 Å². The Morgan fingerprint density at radius 1 is 1.46 bits per heavy atom. The Bertz CT molecular complexity index is 286. The van der Waals surface area contributed by atoms with Crippen molar-refractivity contribution < 1.29 is 4.39 Å². The Kier molecular flexibility index (Phi) is 3.25. The fraction of sp³-hybridized carbons (Fsp3) is 0.400. The Hall–Kier alpha value is -1.09. The van der Waals surface area contributed by atoms with Crippen LogP contribution in [-0.2, 0) is 0 Å². The standard InChI is InChI=1S/C10H15FN2/c1-2-3-9(12)7-4-5-8(11)10(13)6-7/h4-6,9H,2-3,12-13H2,1H3. The minimum atomic E-state index is -0.382. The monoisotopic (exact) mass is 182 g/mol. The normalized spacial score (nSPS) is 12.8. The molecule has 0 aliphatic carbocycles. The van der Waals surface area contributed by atoms with E-state index >= 15 is 0 Å². The van der Waals surface area contributed by atoms with Crippen molar-refractivity contribution in [1.29, 1.82) is 0 Å². The van der Waals surface area contributed by atoms with Crippen LogP contribution in [0.5, 0.6) is 0 Å². The van der Waals surface area contributed by atoms with Crippen LogP contribution in [0, 0.1) is 5.82 Å². The number of hydrogen-bond acceptors (Lipinski definition) is 2. The smallest absolute Gasteiger partial charge is 0.146 e. The first-order valence-electron chi connectivity index (χ1n) is 4.45. The summed E-state index contributed by atoms with van der Waals surface area (Å²) in [7, 11) is 0. The van der Waals surface area contributed by atoms with Crippen molar-refractivity contribution in [1.82, 2.24) is 0 Å². The number of hydrogen-bond donors (Lipinski definition) is 2. The molecule has 13 heavy (non-hydrogen) atoms. The topological polar surface area (TPSA) is 52.0 Å². The van der Waals surface area contributed by atoms with E-state index in [1.54, 1.807) is 12.1 Å². The molecular formula is C10H15FN2. The van der Waals surface area contributed by atoms with Crippen LogP contribution in [0.3, 0.4) is 0 Å². The summed E-state index contributed by atoms with van der Waals surface area (Å²) < 4.78 is 12.8. The van der Waals surface area contributed by atoms with E-state index in [-0.39, 0.29) is 17.5 Å². The van der Waals surface area contributed by atoms with E-state index in [9.17, 15) is 4.39 Å². The molecule has 0 aliphatic heterocycles. The van der Waals surface area contributed by atoms with Crippen LogP contribution in [0.15, 0.2) is 18.2 Å². The predicted molar refractivity (Wildman–Crippen MR) is 52.6 cm³/mol. The van der Waals surface area contributed by atoms with Crippen LogP contribution in [0.2, 0.25) is 0 Å². The van der Waals surface area contributed by atoms with Crippen molar-refractivity contribution in [2.45, 2.75) is 25.8 Å². The van der Waals surface area contributed by atoms with Crippen LogP contribution in [0.25, 0.3) is 0 Å². The van der Waals surface area contributed by atoms with Crippen LogP contribution < -0.4 is 11.5 Å². The molecule has 1 unspecified atom stereocenters. The average molecular weight is 182 g/mol. The van der Waals surface area contributed by atoms with E-state index in [0.29, 0.717) is 0 Å². The Labute approximate surface area is 77.7 Å². The van der Waals surface area contributed by atoms with Gasteiger partial charge in [0.25, 0.3) is 0 Å². The van der Waals surface area contributed by atoms with Crippen molar-refractivity contribution in [3.8, 4) is 0 Å². The van der Waals surface area contributed by atoms with Gasteiger partial charge in [0.1, 0.15) is 5.82 Å². The van der Waals surface area contributed by atoms with Gasteiger partial charge in [0.15, 0.2) is 0 Å². The zero-order chi connectivity index (χ0) is 9.84. The van der Waals surface area contributed by atoms with Crippen LogP contribution in [-0.4, -0.2) is 0 Å². The van der Waals surface area contributed by atoms with Crippen molar-refractivity contribution in [3.05, 3.63) is 29.6 Å². The van der Waals surface area contributed by atoms with Gasteiger partial charge >= 0.3 is 0 Å². The molecule has 0 radical (unpaired) electrons. The molecule has 1 aromatic carbocycles. The molecule has 1 atom stereocenters. The molecule has 0 saturated carbocycles. The molecule has 0 aromatic heterocycles. The molecule has 1 rings (SSSR count). The molecule has 4 N–H and O–H groups in total. The number of nitrogen functional groups attached to an aromatic ring is 1. The second-order valence-electron chi connectivity index (χ2n) is 3.18. The van der Waals surface area contributed by atoms with Crippen molar-refractivity contribution in [3.63, 3.8) is 0 Å². The predicted octanol–water partition coefficient (Wildman–Crippen LogP) is 2.21. The van der Waals surface area contributed by atoms with Gasteiger partial charge in [-0.3, -0.25) is 0 Å². The summed E-state index contributed by atoms with van der Waals surface area (Å²) in [5.41, 5.74) is 12.3. The molecule has 72 valence electrons. The molecular weight excluding hydrogens is 167 g/mol. The van der Waals surface area contributed by atoms with E-state index in [1.807, 2.05) is 0 Å². The summed E-state index contributed by atoms with van der Waals surface area (Å²) in [4.78, 5) is 0. The SMILES string of the molecule is CCCC(N)c1ccc(F)c(N)c1. The second-order valence-corrected chi connectivity index (χ2v) is 3.18. The molecule has 0 aliphatic rings. The summed E-state index contributed by atoms with van der Waals surface area (Å²) in [5, 5.41) is 0. The van der Waals surface area contributed by atoms with E-state index in [0.717, 1.165) is 18.4 Å². The molecule has 0 fully saturated rings. The maximum absolute atomic E-state index is 12.8. The quantitative estimate of drug-likeness (QED) is 0.704. The second kappa shape index (κ2) is 4.23.